The van der Waals surface area contributed by atoms with Crippen molar-refractivity contribution in [1.29, 1.82) is 0 Å². The van der Waals surface area contributed by atoms with E-state index in [0.717, 1.165) is 18.6 Å². The van der Waals surface area contributed by atoms with Gasteiger partial charge in [0.25, 0.3) is 0 Å². The van der Waals surface area contributed by atoms with E-state index in [4.69, 9.17) is 4.74 Å². The molecule has 0 fully saturated rings. The zero-order chi connectivity index (χ0) is 15.6. The number of ether oxygens (including phenoxy) is 1. The third-order valence-corrected chi connectivity index (χ3v) is 4.56. The maximum absolute atomic E-state index is 6.11. The van der Waals surface area contributed by atoms with Crippen LogP contribution in [0.5, 0.6) is 5.75 Å². The van der Waals surface area contributed by atoms with Crippen molar-refractivity contribution in [2.45, 2.75) is 85.2 Å². The fourth-order valence-electron chi connectivity index (χ4n) is 2.51. The Balaban J connectivity index is 3.53. The van der Waals surface area contributed by atoms with E-state index in [1.807, 2.05) is 0 Å². The number of hydrogen-bond acceptors (Lipinski definition) is 1. The Kier molecular flexibility index (Phi) is 5.29. The molecule has 1 nitrogen and oxygen atoms in total. The third kappa shape index (κ3) is 3.56. The van der Waals surface area contributed by atoms with Gasteiger partial charge in [0.15, 0.2) is 0 Å². The van der Waals surface area contributed by atoms with Gasteiger partial charge >= 0.3 is 0 Å². The van der Waals surface area contributed by atoms with Crippen LogP contribution in [0.4, 0.5) is 0 Å². The van der Waals surface area contributed by atoms with Gasteiger partial charge in [-0.05, 0) is 49.1 Å². The van der Waals surface area contributed by atoms with Gasteiger partial charge in [0.05, 0.1) is 6.10 Å². The van der Waals surface area contributed by atoms with Crippen LogP contribution in [-0.2, 0) is 10.8 Å². The van der Waals surface area contributed by atoms with Gasteiger partial charge in [0.2, 0.25) is 0 Å². The number of rotatable bonds is 6. The average molecular weight is 276 g/mol. The van der Waals surface area contributed by atoms with Crippen molar-refractivity contribution in [3.8, 4) is 5.75 Å². The van der Waals surface area contributed by atoms with Gasteiger partial charge in [-0.25, -0.2) is 0 Å². The summed E-state index contributed by atoms with van der Waals surface area (Å²) in [5.41, 5.74) is 3.14. The zero-order valence-electron chi connectivity index (χ0n) is 14.6. The van der Waals surface area contributed by atoms with Crippen molar-refractivity contribution in [2.24, 2.45) is 0 Å². The molecule has 0 saturated carbocycles. The van der Waals surface area contributed by atoms with E-state index in [-0.39, 0.29) is 16.9 Å². The van der Waals surface area contributed by atoms with Crippen LogP contribution in [-0.4, -0.2) is 6.10 Å². The molecule has 0 N–H and O–H groups in total. The SMILES string of the molecule is CCC(C)(C)c1cccc(OC(C)C)c1C(C)(C)CC. The summed E-state index contributed by atoms with van der Waals surface area (Å²) in [7, 11) is 0. The Hall–Kier alpha value is -0.980. The maximum atomic E-state index is 6.11. The van der Waals surface area contributed by atoms with E-state index in [1.54, 1.807) is 0 Å². The third-order valence-electron chi connectivity index (χ3n) is 4.56. The quantitative estimate of drug-likeness (QED) is 0.633. The van der Waals surface area contributed by atoms with Crippen LogP contribution < -0.4 is 4.74 Å². The molecule has 0 amide bonds. The predicted octanol–water partition coefficient (Wildman–Crippen LogP) is 5.85. The number of benzene rings is 1. The van der Waals surface area contributed by atoms with Gasteiger partial charge in [-0.1, -0.05) is 53.7 Å². The van der Waals surface area contributed by atoms with Crippen LogP contribution in [0.15, 0.2) is 18.2 Å². The van der Waals surface area contributed by atoms with Crippen molar-refractivity contribution in [2.75, 3.05) is 0 Å². The summed E-state index contributed by atoms with van der Waals surface area (Å²) in [6.45, 7) is 18.0. The van der Waals surface area contributed by atoms with Crippen LogP contribution >= 0.6 is 0 Å². The van der Waals surface area contributed by atoms with Crippen LogP contribution in [0, 0.1) is 0 Å². The lowest BCUT2D eigenvalue weighted by molar-refractivity contribution is 0.234. The second-order valence-electron chi connectivity index (χ2n) is 7.32. The highest BCUT2D eigenvalue weighted by Gasteiger charge is 2.31. The highest BCUT2D eigenvalue weighted by Crippen LogP contribution is 2.42. The highest BCUT2D eigenvalue weighted by molar-refractivity contribution is 5.48. The molecule has 0 unspecified atom stereocenters. The van der Waals surface area contributed by atoms with Crippen molar-refractivity contribution in [1.82, 2.24) is 0 Å². The van der Waals surface area contributed by atoms with E-state index in [0.29, 0.717) is 0 Å². The van der Waals surface area contributed by atoms with E-state index < -0.39 is 0 Å². The van der Waals surface area contributed by atoms with Gasteiger partial charge in [0.1, 0.15) is 5.75 Å². The molecular formula is C19H32O. The van der Waals surface area contributed by atoms with Gasteiger partial charge in [-0.15, -0.1) is 0 Å². The number of hydrogen-bond donors (Lipinski definition) is 0. The van der Waals surface area contributed by atoms with Crippen molar-refractivity contribution < 1.29 is 4.74 Å². The predicted molar refractivity (Wildman–Crippen MR) is 88.8 cm³/mol. The van der Waals surface area contributed by atoms with Crippen molar-refractivity contribution in [3.05, 3.63) is 29.3 Å². The van der Waals surface area contributed by atoms with Crippen molar-refractivity contribution in [3.63, 3.8) is 0 Å². The topological polar surface area (TPSA) is 9.23 Å². The summed E-state index contributed by atoms with van der Waals surface area (Å²) in [4.78, 5) is 0. The Labute approximate surface area is 125 Å². The Bertz CT molecular complexity index is 441. The van der Waals surface area contributed by atoms with Crippen LogP contribution in [0.2, 0.25) is 0 Å². The van der Waals surface area contributed by atoms with Gasteiger partial charge in [0, 0.05) is 5.56 Å². The molecule has 0 bridgehead atoms. The first kappa shape index (κ1) is 17.1. The summed E-state index contributed by atoms with van der Waals surface area (Å²) in [5.74, 6) is 1.06. The molecule has 1 rings (SSSR count). The Morgan fingerprint density at radius 3 is 1.95 bits per heavy atom. The molecule has 1 aromatic carbocycles. The smallest absolute Gasteiger partial charge is 0.123 e. The summed E-state index contributed by atoms with van der Waals surface area (Å²) < 4.78 is 6.11. The van der Waals surface area contributed by atoms with Gasteiger partial charge < -0.3 is 4.74 Å². The van der Waals surface area contributed by atoms with Crippen LogP contribution in [0.1, 0.15) is 79.4 Å². The lowest BCUT2D eigenvalue weighted by Crippen LogP contribution is -2.27. The van der Waals surface area contributed by atoms with Gasteiger partial charge in [-0.2, -0.15) is 0 Å². The summed E-state index contributed by atoms with van der Waals surface area (Å²) in [6, 6.07) is 6.55. The second kappa shape index (κ2) is 6.20. The minimum absolute atomic E-state index is 0.132. The summed E-state index contributed by atoms with van der Waals surface area (Å²) in [5, 5.41) is 0. The highest BCUT2D eigenvalue weighted by atomic mass is 16.5. The van der Waals surface area contributed by atoms with Crippen molar-refractivity contribution >= 4 is 0 Å². The fraction of sp³-hybridized carbons (Fsp3) is 0.684. The molecule has 0 aliphatic heterocycles. The molecule has 114 valence electrons. The lowest BCUT2D eigenvalue weighted by Gasteiger charge is -2.35. The molecular weight excluding hydrogens is 244 g/mol. The van der Waals surface area contributed by atoms with Gasteiger partial charge in [-0.3, -0.25) is 0 Å². The van der Waals surface area contributed by atoms with E-state index in [1.165, 1.54) is 11.1 Å². The monoisotopic (exact) mass is 276 g/mol. The van der Waals surface area contributed by atoms with Crippen LogP contribution in [0.25, 0.3) is 0 Å². The van der Waals surface area contributed by atoms with Crippen LogP contribution in [0.3, 0.4) is 0 Å². The first-order valence-electron chi connectivity index (χ1n) is 7.96. The molecule has 20 heavy (non-hydrogen) atoms. The maximum Gasteiger partial charge on any atom is 0.123 e. The Morgan fingerprint density at radius 2 is 1.50 bits per heavy atom. The molecule has 0 aromatic heterocycles. The zero-order valence-corrected chi connectivity index (χ0v) is 14.6. The lowest BCUT2D eigenvalue weighted by atomic mass is 9.71. The average Bonchev–Trinajstić information content (AvgIpc) is 2.37. The first-order valence-corrected chi connectivity index (χ1v) is 7.96. The fourth-order valence-corrected chi connectivity index (χ4v) is 2.51. The minimum Gasteiger partial charge on any atom is -0.491 e. The first-order chi connectivity index (χ1) is 9.15. The standard InChI is InChI=1S/C19H32O/c1-9-18(5,6)15-12-11-13-16(20-14(3)4)17(15)19(7,8)10-2/h11-14H,9-10H2,1-8H3. The normalized spacial score (nSPS) is 12.8. The molecule has 0 aliphatic carbocycles. The summed E-state index contributed by atoms with van der Waals surface area (Å²) >= 11 is 0. The molecule has 0 aliphatic rings. The largest absolute Gasteiger partial charge is 0.491 e. The molecule has 1 aromatic rings. The Morgan fingerprint density at radius 1 is 0.950 bits per heavy atom. The molecule has 0 spiro atoms. The molecule has 0 radical (unpaired) electrons. The minimum atomic E-state index is 0.132. The summed E-state index contributed by atoms with van der Waals surface area (Å²) in [6.07, 6.45) is 2.45. The second-order valence-corrected chi connectivity index (χ2v) is 7.32. The van der Waals surface area contributed by atoms with E-state index >= 15 is 0 Å². The van der Waals surface area contributed by atoms with E-state index in [2.05, 4.69) is 73.6 Å². The molecule has 0 heterocycles. The van der Waals surface area contributed by atoms with E-state index in [9.17, 15) is 0 Å². The molecule has 0 saturated heterocycles. The molecule has 0 atom stereocenters. The molecule has 1 heteroatoms.